The summed E-state index contributed by atoms with van der Waals surface area (Å²) in [6, 6.07) is 11.3. The Morgan fingerprint density at radius 1 is 1.11 bits per heavy atom. The van der Waals surface area contributed by atoms with Gasteiger partial charge in [-0.3, -0.25) is 9.59 Å². The maximum absolute atomic E-state index is 12.8. The van der Waals surface area contributed by atoms with E-state index in [1.807, 2.05) is 31.2 Å². The van der Waals surface area contributed by atoms with Crippen LogP contribution in [-0.2, 0) is 4.79 Å². The Hall–Kier alpha value is -3.08. The highest BCUT2D eigenvalue weighted by Gasteiger charge is 2.30. The number of allylic oxidation sites excluding steroid dienone is 1. The summed E-state index contributed by atoms with van der Waals surface area (Å²) in [7, 11) is 0. The standard InChI is InChI=1S/C23H25NO4/c1-5-21(25)27-18-12-15(4)22-19(14-18)28-20(23(22)26)13-16-8-10-17(11-9-16)24(6-2)7-3/h8-14H,5-7H2,1-4H3/b20-13-. The fourth-order valence-corrected chi connectivity index (χ4v) is 3.26. The molecule has 2 aromatic carbocycles. The largest absolute Gasteiger partial charge is 0.452 e. The summed E-state index contributed by atoms with van der Waals surface area (Å²) < 4.78 is 11.1. The van der Waals surface area contributed by atoms with Crippen LogP contribution in [0.5, 0.6) is 11.5 Å². The second kappa shape index (κ2) is 8.30. The van der Waals surface area contributed by atoms with E-state index >= 15 is 0 Å². The molecule has 0 amide bonds. The molecule has 1 heterocycles. The van der Waals surface area contributed by atoms with Gasteiger partial charge in [0, 0.05) is 31.3 Å². The highest BCUT2D eigenvalue weighted by molar-refractivity contribution is 6.15. The van der Waals surface area contributed by atoms with E-state index in [1.54, 1.807) is 25.1 Å². The number of nitrogens with zero attached hydrogens (tertiary/aromatic N) is 1. The van der Waals surface area contributed by atoms with Crippen molar-refractivity contribution in [2.75, 3.05) is 18.0 Å². The molecule has 0 bridgehead atoms. The number of hydrogen-bond donors (Lipinski definition) is 0. The third-order valence-corrected chi connectivity index (χ3v) is 4.78. The fourth-order valence-electron chi connectivity index (χ4n) is 3.26. The SMILES string of the molecule is CCC(=O)Oc1cc(C)c2c(c1)O/C(=C\c1ccc(N(CC)CC)cc1)C2=O. The van der Waals surface area contributed by atoms with Crippen molar-refractivity contribution in [2.24, 2.45) is 0 Å². The van der Waals surface area contributed by atoms with Gasteiger partial charge in [0.25, 0.3) is 0 Å². The number of anilines is 1. The van der Waals surface area contributed by atoms with Crippen molar-refractivity contribution >= 4 is 23.5 Å². The van der Waals surface area contributed by atoms with Gasteiger partial charge in [-0.15, -0.1) is 0 Å². The zero-order valence-electron chi connectivity index (χ0n) is 16.7. The number of carbonyl (C=O) groups excluding carboxylic acids is 2. The van der Waals surface area contributed by atoms with Gasteiger partial charge in [0.2, 0.25) is 5.78 Å². The highest BCUT2D eigenvalue weighted by atomic mass is 16.5. The minimum atomic E-state index is -0.326. The van der Waals surface area contributed by atoms with Crippen molar-refractivity contribution in [3.05, 3.63) is 58.8 Å². The minimum Gasteiger partial charge on any atom is -0.452 e. The summed E-state index contributed by atoms with van der Waals surface area (Å²) in [5, 5.41) is 0. The average Bonchev–Trinajstić information content (AvgIpc) is 2.99. The van der Waals surface area contributed by atoms with E-state index in [0.29, 0.717) is 17.1 Å². The first-order chi connectivity index (χ1) is 13.5. The molecule has 1 aliphatic rings. The number of esters is 1. The number of Topliss-reactive ketones (excluding diaryl/α,β-unsaturated/α-hetero) is 1. The van der Waals surface area contributed by atoms with Crippen molar-refractivity contribution in [3.63, 3.8) is 0 Å². The zero-order valence-corrected chi connectivity index (χ0v) is 16.7. The molecule has 2 aromatic rings. The third kappa shape index (κ3) is 3.93. The predicted molar refractivity (Wildman–Crippen MR) is 110 cm³/mol. The molecular formula is C23H25NO4. The second-order valence-corrected chi connectivity index (χ2v) is 6.64. The first-order valence-corrected chi connectivity index (χ1v) is 9.61. The molecule has 5 nitrogen and oxygen atoms in total. The monoisotopic (exact) mass is 379 g/mol. The number of fused-ring (bicyclic) bond motifs is 1. The predicted octanol–water partition coefficient (Wildman–Crippen LogP) is 4.77. The summed E-state index contributed by atoms with van der Waals surface area (Å²) >= 11 is 0. The van der Waals surface area contributed by atoms with E-state index in [9.17, 15) is 9.59 Å². The Morgan fingerprint density at radius 2 is 1.79 bits per heavy atom. The highest BCUT2D eigenvalue weighted by Crippen LogP contribution is 2.37. The quantitative estimate of drug-likeness (QED) is 0.411. The van der Waals surface area contributed by atoms with E-state index in [1.165, 1.54) is 0 Å². The van der Waals surface area contributed by atoms with E-state index in [-0.39, 0.29) is 23.9 Å². The molecule has 0 saturated carbocycles. The number of benzene rings is 2. The van der Waals surface area contributed by atoms with Crippen molar-refractivity contribution in [2.45, 2.75) is 34.1 Å². The lowest BCUT2D eigenvalue weighted by atomic mass is 10.0. The molecule has 5 heteroatoms. The Morgan fingerprint density at radius 3 is 2.39 bits per heavy atom. The average molecular weight is 379 g/mol. The van der Waals surface area contributed by atoms with Crippen molar-refractivity contribution < 1.29 is 19.1 Å². The first-order valence-electron chi connectivity index (χ1n) is 9.61. The molecule has 3 rings (SSSR count). The molecule has 1 aliphatic heterocycles. The van der Waals surface area contributed by atoms with Crippen LogP contribution < -0.4 is 14.4 Å². The molecule has 0 radical (unpaired) electrons. The number of ketones is 1. The maximum Gasteiger partial charge on any atom is 0.310 e. The summed E-state index contributed by atoms with van der Waals surface area (Å²) in [6.07, 6.45) is 2.02. The molecule has 0 aromatic heterocycles. The molecule has 0 atom stereocenters. The lowest BCUT2D eigenvalue weighted by Crippen LogP contribution is -2.21. The van der Waals surface area contributed by atoms with Gasteiger partial charge in [-0.05, 0) is 56.2 Å². The number of ether oxygens (including phenoxy) is 2. The summed E-state index contributed by atoms with van der Waals surface area (Å²) in [4.78, 5) is 26.6. The Kier molecular flexibility index (Phi) is 5.83. The van der Waals surface area contributed by atoms with Gasteiger partial charge in [0.1, 0.15) is 11.5 Å². The lowest BCUT2D eigenvalue weighted by Gasteiger charge is -2.20. The van der Waals surface area contributed by atoms with Gasteiger partial charge < -0.3 is 14.4 Å². The van der Waals surface area contributed by atoms with Crippen molar-refractivity contribution in [3.8, 4) is 11.5 Å². The van der Waals surface area contributed by atoms with Gasteiger partial charge in [-0.25, -0.2) is 0 Å². The van der Waals surface area contributed by atoms with Crippen LogP contribution in [0.25, 0.3) is 6.08 Å². The van der Waals surface area contributed by atoms with E-state index in [4.69, 9.17) is 9.47 Å². The Labute approximate surface area is 165 Å². The number of aryl methyl sites for hydroxylation is 1. The van der Waals surface area contributed by atoms with Gasteiger partial charge in [0.15, 0.2) is 5.76 Å². The zero-order chi connectivity index (χ0) is 20.3. The second-order valence-electron chi connectivity index (χ2n) is 6.64. The molecule has 28 heavy (non-hydrogen) atoms. The molecule has 146 valence electrons. The van der Waals surface area contributed by atoms with Crippen LogP contribution in [0.4, 0.5) is 5.69 Å². The topological polar surface area (TPSA) is 55.8 Å². The van der Waals surface area contributed by atoms with Crippen LogP contribution in [-0.4, -0.2) is 24.8 Å². The van der Waals surface area contributed by atoms with E-state index in [2.05, 4.69) is 18.7 Å². The number of carbonyl (C=O) groups is 2. The minimum absolute atomic E-state index is 0.159. The summed E-state index contributed by atoms with van der Waals surface area (Å²) in [5.41, 5.74) is 3.28. The Balaban J connectivity index is 1.85. The number of rotatable bonds is 6. The molecule has 0 N–H and O–H groups in total. The first kappa shape index (κ1) is 19.7. The van der Waals surface area contributed by atoms with Crippen LogP contribution in [0.3, 0.4) is 0 Å². The van der Waals surface area contributed by atoms with Gasteiger partial charge in [-0.2, -0.15) is 0 Å². The van der Waals surface area contributed by atoms with Crippen molar-refractivity contribution in [1.82, 2.24) is 0 Å². The van der Waals surface area contributed by atoms with Crippen molar-refractivity contribution in [1.29, 1.82) is 0 Å². The van der Waals surface area contributed by atoms with Gasteiger partial charge in [-0.1, -0.05) is 19.1 Å². The lowest BCUT2D eigenvalue weighted by molar-refractivity contribution is -0.134. The summed E-state index contributed by atoms with van der Waals surface area (Å²) in [5.74, 6) is 0.602. The number of hydrogen-bond acceptors (Lipinski definition) is 5. The van der Waals surface area contributed by atoms with E-state index in [0.717, 1.165) is 29.9 Å². The van der Waals surface area contributed by atoms with Crippen LogP contribution in [0, 0.1) is 6.92 Å². The molecule has 0 unspecified atom stereocenters. The van der Waals surface area contributed by atoms with Gasteiger partial charge >= 0.3 is 5.97 Å². The molecule has 0 spiro atoms. The molecule has 0 fully saturated rings. The normalized spacial score (nSPS) is 14.0. The fraction of sp³-hybridized carbons (Fsp3) is 0.304. The van der Waals surface area contributed by atoms with Crippen LogP contribution in [0.1, 0.15) is 48.7 Å². The van der Waals surface area contributed by atoms with Crippen LogP contribution >= 0.6 is 0 Å². The van der Waals surface area contributed by atoms with E-state index < -0.39 is 0 Å². The Bertz CT molecular complexity index is 924. The van der Waals surface area contributed by atoms with Gasteiger partial charge in [0.05, 0.1) is 5.56 Å². The molecule has 0 aliphatic carbocycles. The third-order valence-electron chi connectivity index (χ3n) is 4.78. The molecule has 0 saturated heterocycles. The molecular weight excluding hydrogens is 354 g/mol. The smallest absolute Gasteiger partial charge is 0.310 e. The maximum atomic E-state index is 12.8. The van der Waals surface area contributed by atoms with Crippen LogP contribution in [0.2, 0.25) is 0 Å². The van der Waals surface area contributed by atoms with Crippen LogP contribution in [0.15, 0.2) is 42.2 Å². The summed E-state index contributed by atoms with van der Waals surface area (Å²) in [6.45, 7) is 9.67.